The molecular formula is C17H23N3O4S. The maximum absolute atomic E-state index is 12.4. The van der Waals surface area contributed by atoms with E-state index in [1.807, 2.05) is 18.7 Å². The van der Waals surface area contributed by atoms with Crippen LogP contribution in [-0.4, -0.2) is 55.2 Å². The number of nitriles is 1. The lowest BCUT2D eigenvalue weighted by Gasteiger charge is -2.34. The predicted octanol–water partition coefficient (Wildman–Crippen LogP) is 2.15. The Hall–Kier alpha value is -1.95. The zero-order valence-corrected chi connectivity index (χ0v) is 15.7. The fourth-order valence-corrected chi connectivity index (χ4v) is 3.98. The number of carbonyl (C=O) groups excluding carboxylic acids is 2. The number of ether oxygens (including phenoxy) is 2. The molecule has 0 aliphatic carbocycles. The second-order valence-corrected chi connectivity index (χ2v) is 7.11. The highest BCUT2D eigenvalue weighted by atomic mass is 32.1. The van der Waals surface area contributed by atoms with Crippen LogP contribution in [0.3, 0.4) is 0 Å². The van der Waals surface area contributed by atoms with Crippen molar-refractivity contribution in [1.29, 1.82) is 5.26 Å². The molecule has 1 aromatic heterocycles. The third-order valence-corrected chi connectivity index (χ3v) is 5.02. The summed E-state index contributed by atoms with van der Waals surface area (Å²) in [5.41, 5.74) is 0.847. The number of hydrogen-bond donors (Lipinski definition) is 1. The molecule has 25 heavy (non-hydrogen) atoms. The standard InChI is InChI=1S/C17H23N3O4S/c1-5-23-17(22)15-12(4)13(6-18)16(25-15)19-14(21)9-20-7-10(2)24-11(3)8-20/h10-11H,5,7-9H2,1-4H3,(H,19,21)/t10-,11-/m0/s1. The van der Waals surface area contributed by atoms with Crippen molar-refractivity contribution in [2.45, 2.75) is 39.9 Å². The number of thiophene rings is 1. The lowest BCUT2D eigenvalue weighted by Crippen LogP contribution is -2.48. The molecule has 1 fully saturated rings. The number of nitrogens with zero attached hydrogens (tertiary/aromatic N) is 2. The van der Waals surface area contributed by atoms with Crippen LogP contribution in [0.25, 0.3) is 0 Å². The first-order valence-electron chi connectivity index (χ1n) is 8.23. The zero-order chi connectivity index (χ0) is 18.6. The van der Waals surface area contributed by atoms with Gasteiger partial charge in [0.15, 0.2) is 0 Å². The van der Waals surface area contributed by atoms with Crippen LogP contribution in [0, 0.1) is 18.3 Å². The van der Waals surface area contributed by atoms with E-state index in [1.54, 1.807) is 13.8 Å². The fraction of sp³-hybridized carbons (Fsp3) is 0.588. The first-order valence-corrected chi connectivity index (χ1v) is 9.05. The summed E-state index contributed by atoms with van der Waals surface area (Å²) in [6.45, 7) is 9.19. The second-order valence-electron chi connectivity index (χ2n) is 6.09. The Labute approximate surface area is 151 Å². The van der Waals surface area contributed by atoms with E-state index in [0.717, 1.165) is 11.3 Å². The van der Waals surface area contributed by atoms with Crippen molar-refractivity contribution < 1.29 is 19.1 Å². The number of morpholine rings is 1. The van der Waals surface area contributed by atoms with Crippen LogP contribution in [-0.2, 0) is 14.3 Å². The Balaban J connectivity index is 2.09. The molecule has 1 amide bonds. The molecule has 1 aromatic rings. The van der Waals surface area contributed by atoms with Crippen LogP contribution in [0.5, 0.6) is 0 Å². The van der Waals surface area contributed by atoms with Gasteiger partial charge in [0, 0.05) is 13.1 Å². The van der Waals surface area contributed by atoms with Crippen LogP contribution in [0.4, 0.5) is 5.00 Å². The average Bonchev–Trinajstić information content (AvgIpc) is 2.82. The first-order chi connectivity index (χ1) is 11.8. The Kier molecular flexibility index (Phi) is 6.53. The smallest absolute Gasteiger partial charge is 0.348 e. The fourth-order valence-electron chi connectivity index (χ4n) is 2.91. The van der Waals surface area contributed by atoms with Crippen LogP contribution in [0.2, 0.25) is 0 Å². The van der Waals surface area contributed by atoms with Gasteiger partial charge in [-0.05, 0) is 33.3 Å². The Morgan fingerprint density at radius 1 is 1.40 bits per heavy atom. The van der Waals surface area contributed by atoms with E-state index in [4.69, 9.17) is 9.47 Å². The van der Waals surface area contributed by atoms with Gasteiger partial charge in [-0.3, -0.25) is 9.69 Å². The molecule has 8 heteroatoms. The van der Waals surface area contributed by atoms with Gasteiger partial charge < -0.3 is 14.8 Å². The van der Waals surface area contributed by atoms with Gasteiger partial charge in [-0.25, -0.2) is 4.79 Å². The average molecular weight is 365 g/mol. The lowest BCUT2D eigenvalue weighted by molar-refractivity contribution is -0.121. The summed E-state index contributed by atoms with van der Waals surface area (Å²) in [5, 5.41) is 12.5. The van der Waals surface area contributed by atoms with Crippen molar-refractivity contribution in [3.05, 3.63) is 16.0 Å². The van der Waals surface area contributed by atoms with E-state index >= 15 is 0 Å². The van der Waals surface area contributed by atoms with Gasteiger partial charge in [-0.2, -0.15) is 5.26 Å². The minimum atomic E-state index is -0.474. The van der Waals surface area contributed by atoms with Crippen molar-refractivity contribution in [1.82, 2.24) is 4.90 Å². The van der Waals surface area contributed by atoms with E-state index in [-0.39, 0.29) is 31.3 Å². The number of anilines is 1. The highest BCUT2D eigenvalue weighted by Crippen LogP contribution is 2.33. The molecule has 0 saturated carbocycles. The highest BCUT2D eigenvalue weighted by Gasteiger charge is 2.26. The second kappa shape index (κ2) is 8.43. The molecule has 2 heterocycles. The van der Waals surface area contributed by atoms with Crippen LogP contribution in [0.15, 0.2) is 0 Å². The number of hydrogen-bond acceptors (Lipinski definition) is 7. The predicted molar refractivity (Wildman–Crippen MR) is 94.8 cm³/mol. The molecule has 0 spiro atoms. The maximum atomic E-state index is 12.4. The Bertz CT molecular complexity index is 685. The summed E-state index contributed by atoms with van der Waals surface area (Å²) < 4.78 is 10.7. The SMILES string of the molecule is CCOC(=O)c1sc(NC(=O)CN2C[C@H](C)O[C@@H](C)C2)c(C#N)c1C. The van der Waals surface area contributed by atoms with E-state index in [2.05, 4.69) is 11.4 Å². The number of rotatable bonds is 5. The maximum Gasteiger partial charge on any atom is 0.348 e. The molecule has 136 valence electrons. The monoisotopic (exact) mass is 365 g/mol. The van der Waals surface area contributed by atoms with Crippen LogP contribution >= 0.6 is 11.3 Å². The molecule has 1 aliphatic rings. The summed E-state index contributed by atoms with van der Waals surface area (Å²) >= 11 is 1.08. The number of nitrogens with one attached hydrogen (secondary N) is 1. The minimum Gasteiger partial charge on any atom is -0.462 e. The molecule has 2 atom stereocenters. The Morgan fingerprint density at radius 2 is 2.04 bits per heavy atom. The van der Waals surface area contributed by atoms with Crippen LogP contribution in [0.1, 0.15) is 41.6 Å². The summed E-state index contributed by atoms with van der Waals surface area (Å²) in [5.74, 6) is -0.688. The van der Waals surface area contributed by atoms with Gasteiger partial charge in [0.25, 0.3) is 0 Å². The van der Waals surface area contributed by atoms with Crippen molar-refractivity contribution in [3.8, 4) is 6.07 Å². The van der Waals surface area contributed by atoms with Gasteiger partial charge in [-0.15, -0.1) is 11.3 Å². The summed E-state index contributed by atoms with van der Waals surface area (Å²) in [4.78, 5) is 26.7. The van der Waals surface area contributed by atoms with E-state index < -0.39 is 5.97 Å². The number of carbonyl (C=O) groups is 2. The molecule has 1 N–H and O–H groups in total. The van der Waals surface area contributed by atoms with Crippen molar-refractivity contribution in [3.63, 3.8) is 0 Å². The van der Waals surface area contributed by atoms with E-state index in [0.29, 0.717) is 34.1 Å². The van der Waals surface area contributed by atoms with Crippen molar-refractivity contribution >= 4 is 28.2 Å². The van der Waals surface area contributed by atoms with Gasteiger partial charge in [0.1, 0.15) is 15.9 Å². The van der Waals surface area contributed by atoms with Gasteiger partial charge in [0.05, 0.1) is 30.9 Å². The first kappa shape index (κ1) is 19.4. The Morgan fingerprint density at radius 3 is 2.60 bits per heavy atom. The minimum absolute atomic E-state index is 0.0746. The third-order valence-electron chi connectivity index (χ3n) is 3.83. The molecule has 2 rings (SSSR count). The summed E-state index contributed by atoms with van der Waals surface area (Å²) in [6, 6.07) is 2.06. The number of amides is 1. The summed E-state index contributed by atoms with van der Waals surface area (Å²) in [6.07, 6.45) is 0.149. The van der Waals surface area contributed by atoms with E-state index in [9.17, 15) is 14.9 Å². The summed E-state index contributed by atoms with van der Waals surface area (Å²) in [7, 11) is 0. The lowest BCUT2D eigenvalue weighted by atomic mass is 10.2. The molecule has 0 bridgehead atoms. The molecule has 0 unspecified atom stereocenters. The molecule has 7 nitrogen and oxygen atoms in total. The van der Waals surface area contributed by atoms with Crippen molar-refractivity contribution in [2.75, 3.05) is 31.6 Å². The zero-order valence-electron chi connectivity index (χ0n) is 14.9. The molecule has 0 radical (unpaired) electrons. The van der Waals surface area contributed by atoms with Crippen LogP contribution < -0.4 is 5.32 Å². The third kappa shape index (κ3) is 4.78. The van der Waals surface area contributed by atoms with Gasteiger partial charge in [0.2, 0.25) is 5.91 Å². The topological polar surface area (TPSA) is 91.7 Å². The van der Waals surface area contributed by atoms with Gasteiger partial charge in [-0.1, -0.05) is 0 Å². The molecule has 1 aliphatic heterocycles. The quantitative estimate of drug-likeness (QED) is 0.804. The van der Waals surface area contributed by atoms with E-state index in [1.165, 1.54) is 0 Å². The van der Waals surface area contributed by atoms with Crippen molar-refractivity contribution in [2.24, 2.45) is 0 Å². The molecule has 0 aromatic carbocycles. The van der Waals surface area contributed by atoms with Gasteiger partial charge >= 0.3 is 5.97 Å². The largest absolute Gasteiger partial charge is 0.462 e. The molecular weight excluding hydrogens is 342 g/mol. The molecule has 1 saturated heterocycles. The normalized spacial score (nSPS) is 20.8. The number of esters is 1. The highest BCUT2D eigenvalue weighted by molar-refractivity contribution is 7.18.